The van der Waals surface area contributed by atoms with Gasteiger partial charge in [-0.1, -0.05) is 11.6 Å². The molecule has 10 nitrogen and oxygen atoms in total. The van der Waals surface area contributed by atoms with Gasteiger partial charge in [-0.2, -0.15) is 0 Å². The molecular weight excluding hydrogens is 392 g/mol. The average molecular weight is 405 g/mol. The van der Waals surface area contributed by atoms with Crippen LogP contribution in [0.25, 0.3) is 10.9 Å². The number of nitrogens with one attached hydrogen (secondary N) is 4. The molecule has 0 fully saturated rings. The smallest absolute Gasteiger partial charge is 0.202 e. The van der Waals surface area contributed by atoms with E-state index in [0.717, 1.165) is 6.07 Å². The first-order valence-electron chi connectivity index (χ1n) is 7.89. The fraction of sp³-hybridized carbons (Fsp3) is 0.0588. The van der Waals surface area contributed by atoms with Gasteiger partial charge in [-0.15, -0.1) is 0 Å². The third kappa shape index (κ3) is 3.74. The molecule has 1 heterocycles. The number of Topliss-reactive ketones (excluding diaryl/α,β-unsaturated/α-hetero) is 1. The minimum atomic E-state index is -1.55. The molecule has 2 aromatic carbocycles. The number of benzene rings is 2. The highest BCUT2D eigenvalue weighted by atomic mass is 35.5. The van der Waals surface area contributed by atoms with Gasteiger partial charge in [0.1, 0.15) is 22.6 Å². The van der Waals surface area contributed by atoms with Crippen LogP contribution in [0.5, 0.6) is 0 Å². The Morgan fingerprint density at radius 2 is 1.71 bits per heavy atom. The summed E-state index contributed by atoms with van der Waals surface area (Å²) in [6.45, 7) is 1.19. The van der Waals surface area contributed by atoms with Crippen molar-refractivity contribution in [3.05, 3.63) is 78.0 Å². The summed E-state index contributed by atoms with van der Waals surface area (Å²) in [5.41, 5.74) is -1.05. The molecule has 0 amide bonds. The number of aromatic amines is 1. The van der Waals surface area contributed by atoms with Crippen LogP contribution in [-0.4, -0.2) is 10.8 Å². The van der Waals surface area contributed by atoms with Gasteiger partial charge >= 0.3 is 0 Å². The maximum absolute atomic E-state index is 12.8. The predicted molar refractivity (Wildman–Crippen MR) is 104 cm³/mol. The van der Waals surface area contributed by atoms with E-state index in [0.29, 0.717) is 5.69 Å². The summed E-state index contributed by atoms with van der Waals surface area (Å²) in [5.74, 6) is -0.608. The van der Waals surface area contributed by atoms with Gasteiger partial charge in [-0.25, -0.2) is 0 Å². The number of pyridine rings is 1. The number of rotatable bonds is 5. The van der Waals surface area contributed by atoms with E-state index in [9.17, 15) is 30.4 Å². The van der Waals surface area contributed by atoms with E-state index in [1.807, 2.05) is 0 Å². The largest absolute Gasteiger partial charge is 0.628 e. The van der Waals surface area contributed by atoms with Gasteiger partial charge in [0.05, 0.1) is 5.39 Å². The summed E-state index contributed by atoms with van der Waals surface area (Å²) in [6, 6.07) is 7.74. The number of quaternary nitrogens is 2. The third-order valence-electron chi connectivity index (χ3n) is 4.04. The lowest BCUT2D eigenvalue weighted by Crippen LogP contribution is -2.96. The van der Waals surface area contributed by atoms with Gasteiger partial charge in [0.25, 0.3) is 0 Å². The van der Waals surface area contributed by atoms with E-state index in [-0.39, 0.29) is 38.7 Å². The standard InChI is InChI=1S/C17H13ClN4O6/c1-8(23)14-16(24)12-6-9(18)7-13(22(27)28)15(12)20-17(14)19-10-2-4-11(5-3-10)21(25)26/h2-7,21-22H,1H3,(H2,19,20,24)/q-2. The predicted octanol–water partition coefficient (Wildman–Crippen LogP) is 1.15. The number of fused-ring (bicyclic) bond motifs is 1. The fourth-order valence-electron chi connectivity index (χ4n) is 2.78. The van der Waals surface area contributed by atoms with Crippen molar-refractivity contribution in [2.75, 3.05) is 5.32 Å². The zero-order valence-corrected chi connectivity index (χ0v) is 15.0. The summed E-state index contributed by atoms with van der Waals surface area (Å²) < 4.78 is 0. The molecule has 3 aromatic rings. The quantitative estimate of drug-likeness (QED) is 0.366. The molecule has 0 bridgehead atoms. The SMILES string of the molecule is CC(=O)c1c(Nc2ccc([NH+]([O-])[O-])cc2)[nH]c2c([NH+]([O-])[O-])cc(Cl)cc2c1=O. The topological polar surface area (TPSA) is 163 Å². The van der Waals surface area contributed by atoms with Crippen molar-refractivity contribution in [3.8, 4) is 0 Å². The molecule has 0 saturated heterocycles. The Morgan fingerprint density at radius 1 is 1.07 bits per heavy atom. The van der Waals surface area contributed by atoms with Crippen LogP contribution in [0.4, 0.5) is 22.9 Å². The second-order valence-electron chi connectivity index (χ2n) is 5.91. The van der Waals surface area contributed by atoms with Crippen molar-refractivity contribution < 1.29 is 15.2 Å². The van der Waals surface area contributed by atoms with E-state index >= 15 is 0 Å². The molecule has 0 radical (unpaired) electrons. The molecular formula is C17H13ClN4O6-2. The van der Waals surface area contributed by atoms with E-state index in [1.165, 1.54) is 37.3 Å². The Kier molecular flexibility index (Phi) is 5.45. The van der Waals surface area contributed by atoms with E-state index in [4.69, 9.17) is 11.6 Å². The molecule has 0 aliphatic heterocycles. The maximum Gasteiger partial charge on any atom is 0.202 e. The molecule has 28 heavy (non-hydrogen) atoms. The summed E-state index contributed by atoms with van der Waals surface area (Å²) in [6.07, 6.45) is 0. The molecule has 0 unspecified atom stereocenters. The Morgan fingerprint density at radius 3 is 2.25 bits per heavy atom. The first-order valence-corrected chi connectivity index (χ1v) is 8.27. The van der Waals surface area contributed by atoms with Crippen LogP contribution in [0.15, 0.2) is 41.2 Å². The van der Waals surface area contributed by atoms with Gasteiger partial charge < -0.3 is 41.6 Å². The molecule has 0 atom stereocenters. The normalized spacial score (nSPS) is 11.4. The Hall–Kier alpha value is -2.83. The van der Waals surface area contributed by atoms with Crippen molar-refractivity contribution in [2.24, 2.45) is 0 Å². The molecule has 0 saturated carbocycles. The molecule has 0 aliphatic rings. The Balaban J connectivity index is 2.21. The van der Waals surface area contributed by atoms with Crippen LogP contribution in [0.2, 0.25) is 5.02 Å². The van der Waals surface area contributed by atoms with Crippen molar-refractivity contribution >= 4 is 51.2 Å². The lowest BCUT2D eigenvalue weighted by molar-refractivity contribution is -0.715. The molecule has 0 aliphatic carbocycles. The van der Waals surface area contributed by atoms with Gasteiger partial charge in [0, 0.05) is 28.9 Å². The Labute approximate surface area is 162 Å². The average Bonchev–Trinajstić information content (AvgIpc) is 2.62. The molecule has 1 aromatic heterocycles. The maximum atomic E-state index is 12.8. The summed E-state index contributed by atoms with van der Waals surface area (Å²) in [7, 11) is 0. The third-order valence-corrected chi connectivity index (χ3v) is 4.25. The molecule has 11 heteroatoms. The van der Waals surface area contributed by atoms with Crippen molar-refractivity contribution in [1.82, 2.24) is 4.98 Å². The van der Waals surface area contributed by atoms with Crippen molar-refractivity contribution in [1.29, 1.82) is 0 Å². The number of hydrogen-bond acceptors (Lipinski definition) is 7. The highest BCUT2D eigenvalue weighted by Gasteiger charge is 2.20. The minimum Gasteiger partial charge on any atom is -0.628 e. The fourth-order valence-corrected chi connectivity index (χ4v) is 3.00. The van der Waals surface area contributed by atoms with E-state index in [1.54, 1.807) is 0 Å². The minimum absolute atomic E-state index is 0.00489. The monoisotopic (exact) mass is 404 g/mol. The Bertz CT molecular complexity index is 1110. The highest BCUT2D eigenvalue weighted by molar-refractivity contribution is 6.31. The lowest BCUT2D eigenvalue weighted by atomic mass is 10.1. The number of carbonyl (C=O) groups excluding carboxylic acids is 1. The van der Waals surface area contributed by atoms with E-state index in [2.05, 4.69) is 10.3 Å². The number of H-pyrrole nitrogens is 1. The number of hydrogen-bond donors (Lipinski definition) is 4. The first kappa shape index (κ1) is 19.9. The molecule has 146 valence electrons. The summed E-state index contributed by atoms with van der Waals surface area (Å²) >= 11 is 5.88. The number of ketones is 1. The molecule has 3 rings (SSSR count). The number of aromatic nitrogens is 1. The number of halogens is 1. The highest BCUT2D eigenvalue weighted by Crippen LogP contribution is 2.27. The number of carbonyl (C=O) groups is 1. The van der Waals surface area contributed by atoms with Crippen LogP contribution in [0, 0.1) is 20.8 Å². The van der Waals surface area contributed by atoms with Crippen LogP contribution < -0.4 is 21.2 Å². The summed E-state index contributed by atoms with van der Waals surface area (Å²) in [5, 5.41) is 44.4. The van der Waals surface area contributed by atoms with Crippen molar-refractivity contribution in [3.63, 3.8) is 0 Å². The lowest BCUT2D eigenvalue weighted by Gasteiger charge is -2.26. The zero-order chi connectivity index (χ0) is 20.6. The second kappa shape index (κ2) is 7.66. The second-order valence-corrected chi connectivity index (χ2v) is 6.35. The molecule has 4 N–H and O–H groups in total. The first-order chi connectivity index (χ1) is 13.2. The van der Waals surface area contributed by atoms with Gasteiger partial charge in [-0.05, 0) is 25.1 Å². The number of anilines is 2. The van der Waals surface area contributed by atoms with Gasteiger partial charge in [-0.3, -0.25) is 9.59 Å². The van der Waals surface area contributed by atoms with Crippen molar-refractivity contribution in [2.45, 2.75) is 6.92 Å². The molecule has 0 spiro atoms. The van der Waals surface area contributed by atoms with Crippen LogP contribution >= 0.6 is 11.6 Å². The van der Waals surface area contributed by atoms with Crippen LogP contribution in [-0.2, 0) is 0 Å². The van der Waals surface area contributed by atoms with Gasteiger partial charge in [0.2, 0.25) is 5.43 Å². The van der Waals surface area contributed by atoms with E-state index < -0.39 is 21.7 Å². The zero-order valence-electron chi connectivity index (χ0n) is 14.3. The van der Waals surface area contributed by atoms with Gasteiger partial charge in [0.15, 0.2) is 11.5 Å². The van der Waals surface area contributed by atoms with Crippen LogP contribution in [0.1, 0.15) is 17.3 Å². The van der Waals surface area contributed by atoms with Crippen LogP contribution in [0.3, 0.4) is 0 Å². The summed E-state index contributed by atoms with van der Waals surface area (Å²) in [4.78, 5) is 27.6.